The zero-order valence-electron chi connectivity index (χ0n) is 15.9. The third kappa shape index (κ3) is 4.26. The highest BCUT2D eigenvalue weighted by atomic mass is 16.5. The van der Waals surface area contributed by atoms with Crippen molar-refractivity contribution >= 4 is 28.1 Å². The number of carbonyl (C=O) groups is 1. The lowest BCUT2D eigenvalue weighted by Gasteiger charge is -2.29. The molecule has 0 aliphatic carbocycles. The molecule has 0 bridgehead atoms. The van der Waals surface area contributed by atoms with Gasteiger partial charge in [0.15, 0.2) is 6.10 Å². The number of ether oxygens (including phenoxy) is 2. The predicted molar refractivity (Wildman–Crippen MR) is 112 cm³/mol. The molecule has 28 heavy (non-hydrogen) atoms. The predicted octanol–water partition coefficient (Wildman–Crippen LogP) is 4.08. The number of anilines is 2. The van der Waals surface area contributed by atoms with Crippen LogP contribution in [0.25, 0.3) is 10.8 Å². The van der Waals surface area contributed by atoms with Gasteiger partial charge in [-0.15, -0.1) is 0 Å². The molecule has 0 aromatic heterocycles. The second-order valence-electron chi connectivity index (χ2n) is 6.90. The zero-order chi connectivity index (χ0) is 19.3. The summed E-state index contributed by atoms with van der Waals surface area (Å²) in [4.78, 5) is 14.8. The molecular weight excluding hydrogens is 352 g/mol. The second-order valence-corrected chi connectivity index (χ2v) is 6.90. The number of benzene rings is 3. The molecule has 1 heterocycles. The molecule has 3 aromatic carbocycles. The first-order valence-electron chi connectivity index (χ1n) is 9.58. The number of morpholine rings is 1. The van der Waals surface area contributed by atoms with E-state index in [1.807, 2.05) is 60.7 Å². The molecule has 0 spiro atoms. The van der Waals surface area contributed by atoms with Gasteiger partial charge in [0.25, 0.3) is 5.91 Å². The average Bonchev–Trinajstić information content (AvgIpc) is 2.75. The van der Waals surface area contributed by atoms with Crippen LogP contribution in [0, 0.1) is 0 Å². The number of fused-ring (bicyclic) bond motifs is 1. The number of nitrogens with zero attached hydrogens (tertiary/aromatic N) is 1. The summed E-state index contributed by atoms with van der Waals surface area (Å²) in [6.07, 6.45) is -0.597. The van der Waals surface area contributed by atoms with E-state index in [4.69, 9.17) is 9.47 Å². The Balaban J connectivity index is 1.36. The highest BCUT2D eigenvalue weighted by Crippen LogP contribution is 2.22. The molecule has 1 N–H and O–H groups in total. The summed E-state index contributed by atoms with van der Waals surface area (Å²) in [6.45, 7) is 5.04. The number of nitrogens with one attached hydrogen (secondary N) is 1. The number of rotatable bonds is 5. The van der Waals surface area contributed by atoms with Crippen LogP contribution in [0.1, 0.15) is 6.92 Å². The summed E-state index contributed by atoms with van der Waals surface area (Å²) in [5.41, 5.74) is 1.90. The Bertz CT molecular complexity index is 949. The lowest BCUT2D eigenvalue weighted by molar-refractivity contribution is -0.122. The SMILES string of the molecule is C[C@H](Oc1ccc2ccccc2c1)C(=O)Nc1ccc(N2CCOCC2)cc1. The van der Waals surface area contributed by atoms with Crippen molar-refractivity contribution in [3.05, 3.63) is 66.7 Å². The van der Waals surface area contributed by atoms with E-state index in [1.54, 1.807) is 6.92 Å². The van der Waals surface area contributed by atoms with Gasteiger partial charge in [-0.1, -0.05) is 30.3 Å². The topological polar surface area (TPSA) is 50.8 Å². The highest BCUT2D eigenvalue weighted by molar-refractivity contribution is 5.94. The monoisotopic (exact) mass is 376 g/mol. The number of amides is 1. The van der Waals surface area contributed by atoms with Crippen LogP contribution < -0.4 is 15.0 Å². The molecule has 1 fully saturated rings. The van der Waals surface area contributed by atoms with Crippen LogP contribution in [-0.4, -0.2) is 38.3 Å². The van der Waals surface area contributed by atoms with Gasteiger partial charge in [-0.05, 0) is 54.1 Å². The summed E-state index contributed by atoms with van der Waals surface area (Å²) < 4.78 is 11.2. The van der Waals surface area contributed by atoms with E-state index < -0.39 is 6.10 Å². The Morgan fingerprint density at radius 2 is 1.71 bits per heavy atom. The van der Waals surface area contributed by atoms with Gasteiger partial charge in [-0.25, -0.2) is 0 Å². The summed E-state index contributed by atoms with van der Waals surface area (Å²) in [5, 5.41) is 5.16. The third-order valence-electron chi connectivity index (χ3n) is 4.91. The van der Waals surface area contributed by atoms with Crippen LogP contribution in [0.5, 0.6) is 5.75 Å². The Hall–Kier alpha value is -3.05. The standard InChI is InChI=1S/C23H24N2O3/c1-17(28-22-11-6-18-4-2-3-5-19(18)16-22)23(26)24-20-7-9-21(10-8-20)25-12-14-27-15-13-25/h2-11,16-17H,12-15H2,1H3,(H,24,26)/t17-/m0/s1. The first kappa shape index (κ1) is 18.3. The van der Waals surface area contributed by atoms with Crippen molar-refractivity contribution in [3.63, 3.8) is 0 Å². The van der Waals surface area contributed by atoms with Crippen molar-refractivity contribution in [1.82, 2.24) is 0 Å². The van der Waals surface area contributed by atoms with Crippen molar-refractivity contribution < 1.29 is 14.3 Å². The van der Waals surface area contributed by atoms with Crippen molar-refractivity contribution in [2.24, 2.45) is 0 Å². The molecule has 1 aliphatic rings. The minimum atomic E-state index is -0.597. The fraction of sp³-hybridized carbons (Fsp3) is 0.261. The minimum absolute atomic E-state index is 0.174. The maximum Gasteiger partial charge on any atom is 0.265 e. The summed E-state index contributed by atoms with van der Waals surface area (Å²) in [5.74, 6) is 0.510. The van der Waals surface area contributed by atoms with Gasteiger partial charge in [-0.2, -0.15) is 0 Å². The lowest BCUT2D eigenvalue weighted by atomic mass is 10.1. The van der Waals surface area contributed by atoms with Gasteiger partial charge in [0.2, 0.25) is 0 Å². The van der Waals surface area contributed by atoms with Gasteiger partial charge in [0.05, 0.1) is 13.2 Å². The van der Waals surface area contributed by atoms with Crippen molar-refractivity contribution in [3.8, 4) is 5.75 Å². The largest absolute Gasteiger partial charge is 0.481 e. The number of hydrogen-bond donors (Lipinski definition) is 1. The molecule has 0 radical (unpaired) electrons. The van der Waals surface area contributed by atoms with Crippen molar-refractivity contribution in [1.29, 1.82) is 0 Å². The fourth-order valence-electron chi connectivity index (χ4n) is 3.32. The van der Waals surface area contributed by atoms with Crippen LogP contribution in [0.15, 0.2) is 66.7 Å². The molecule has 5 heteroatoms. The first-order chi connectivity index (χ1) is 13.7. The molecular formula is C23H24N2O3. The van der Waals surface area contributed by atoms with Gasteiger partial charge >= 0.3 is 0 Å². The van der Waals surface area contributed by atoms with Gasteiger partial charge in [0, 0.05) is 24.5 Å². The van der Waals surface area contributed by atoms with E-state index in [-0.39, 0.29) is 5.91 Å². The van der Waals surface area contributed by atoms with Crippen LogP contribution in [0.2, 0.25) is 0 Å². The van der Waals surface area contributed by atoms with Crippen LogP contribution in [0.4, 0.5) is 11.4 Å². The van der Waals surface area contributed by atoms with E-state index in [0.29, 0.717) is 5.75 Å². The Morgan fingerprint density at radius 3 is 2.46 bits per heavy atom. The van der Waals surface area contributed by atoms with E-state index in [2.05, 4.69) is 16.3 Å². The maximum atomic E-state index is 12.5. The molecule has 5 nitrogen and oxygen atoms in total. The van der Waals surface area contributed by atoms with Crippen LogP contribution >= 0.6 is 0 Å². The van der Waals surface area contributed by atoms with E-state index in [9.17, 15) is 4.79 Å². The molecule has 1 aliphatic heterocycles. The van der Waals surface area contributed by atoms with Crippen LogP contribution in [-0.2, 0) is 9.53 Å². The minimum Gasteiger partial charge on any atom is -0.481 e. The number of carbonyl (C=O) groups excluding carboxylic acids is 1. The molecule has 0 unspecified atom stereocenters. The quantitative estimate of drug-likeness (QED) is 0.729. The summed E-state index contributed by atoms with van der Waals surface area (Å²) in [6, 6.07) is 21.8. The summed E-state index contributed by atoms with van der Waals surface area (Å²) >= 11 is 0. The van der Waals surface area contributed by atoms with E-state index >= 15 is 0 Å². The number of hydrogen-bond acceptors (Lipinski definition) is 4. The Labute approximate surface area is 164 Å². The lowest BCUT2D eigenvalue weighted by Crippen LogP contribution is -2.36. The van der Waals surface area contributed by atoms with Gasteiger partial charge in [0.1, 0.15) is 5.75 Å². The zero-order valence-corrected chi connectivity index (χ0v) is 15.9. The molecule has 4 rings (SSSR count). The smallest absolute Gasteiger partial charge is 0.265 e. The molecule has 0 saturated carbocycles. The molecule has 1 saturated heterocycles. The highest BCUT2D eigenvalue weighted by Gasteiger charge is 2.16. The molecule has 1 atom stereocenters. The van der Waals surface area contributed by atoms with E-state index in [0.717, 1.165) is 48.5 Å². The third-order valence-corrected chi connectivity index (χ3v) is 4.91. The van der Waals surface area contributed by atoms with E-state index in [1.165, 1.54) is 0 Å². The molecule has 3 aromatic rings. The van der Waals surface area contributed by atoms with Gasteiger partial charge in [-0.3, -0.25) is 4.79 Å². The average molecular weight is 376 g/mol. The van der Waals surface area contributed by atoms with Crippen molar-refractivity contribution in [2.45, 2.75) is 13.0 Å². The maximum absolute atomic E-state index is 12.5. The molecule has 144 valence electrons. The van der Waals surface area contributed by atoms with Crippen molar-refractivity contribution in [2.75, 3.05) is 36.5 Å². The normalized spacial score (nSPS) is 15.2. The Morgan fingerprint density at radius 1 is 1.00 bits per heavy atom. The summed E-state index contributed by atoms with van der Waals surface area (Å²) in [7, 11) is 0. The first-order valence-corrected chi connectivity index (χ1v) is 9.58. The van der Waals surface area contributed by atoms with Crippen LogP contribution in [0.3, 0.4) is 0 Å². The second kappa shape index (κ2) is 8.31. The Kier molecular flexibility index (Phi) is 5.44. The fourth-order valence-corrected chi connectivity index (χ4v) is 3.32. The van der Waals surface area contributed by atoms with Gasteiger partial charge < -0.3 is 19.7 Å². The molecule has 1 amide bonds.